The summed E-state index contributed by atoms with van der Waals surface area (Å²) >= 11 is 0. The van der Waals surface area contributed by atoms with Gasteiger partial charge in [-0.25, -0.2) is 4.98 Å². The molecule has 0 bridgehead atoms. The van der Waals surface area contributed by atoms with Crippen molar-refractivity contribution in [3.05, 3.63) is 53.2 Å². The first-order chi connectivity index (χ1) is 12.8. The van der Waals surface area contributed by atoms with E-state index in [4.69, 9.17) is 4.74 Å². The lowest BCUT2D eigenvalue weighted by molar-refractivity contribution is 0.0551. The average molecular weight is 351 g/mol. The van der Waals surface area contributed by atoms with Gasteiger partial charge in [0.05, 0.1) is 12.6 Å². The van der Waals surface area contributed by atoms with Crippen LogP contribution in [0.5, 0.6) is 0 Å². The molecule has 0 saturated carbocycles. The van der Waals surface area contributed by atoms with Gasteiger partial charge in [-0.1, -0.05) is 24.3 Å². The summed E-state index contributed by atoms with van der Waals surface area (Å²) in [7, 11) is 0. The van der Waals surface area contributed by atoms with Crippen molar-refractivity contribution in [2.75, 3.05) is 19.8 Å². The Kier molecular flexibility index (Phi) is 4.62. The molecule has 1 atom stereocenters. The Balaban J connectivity index is 1.65. The second-order valence-electron chi connectivity index (χ2n) is 6.31. The number of hydrogen-bond acceptors (Lipinski definition) is 5. The number of aromatic nitrogens is 4. The summed E-state index contributed by atoms with van der Waals surface area (Å²) in [6.07, 6.45) is 1.90. The molecule has 3 aromatic rings. The number of nitrogens with one attached hydrogen (secondary N) is 1. The molecule has 1 unspecified atom stereocenters. The fourth-order valence-electron chi connectivity index (χ4n) is 3.57. The molecule has 2 aromatic heterocycles. The monoisotopic (exact) mass is 351 g/mol. The molecular weight excluding hydrogens is 330 g/mol. The molecule has 26 heavy (non-hydrogen) atoms. The number of ether oxygens (including phenoxy) is 1. The Labute approximate surface area is 151 Å². The van der Waals surface area contributed by atoms with Gasteiger partial charge in [0.1, 0.15) is 11.2 Å². The van der Waals surface area contributed by atoms with E-state index in [1.54, 1.807) is 12.1 Å². The van der Waals surface area contributed by atoms with Crippen LogP contribution in [0.25, 0.3) is 11.2 Å². The molecule has 1 N–H and O–H groups in total. The summed E-state index contributed by atoms with van der Waals surface area (Å²) in [5, 5.41) is 10.5. The van der Waals surface area contributed by atoms with Gasteiger partial charge >= 0.3 is 0 Å². The van der Waals surface area contributed by atoms with Gasteiger partial charge in [0.2, 0.25) is 5.65 Å². The molecule has 7 heteroatoms. The lowest BCUT2D eigenvalue weighted by Gasteiger charge is -2.29. The Hall–Kier alpha value is -2.80. The number of nitrogens with zero attached hydrogens (tertiary/aromatic N) is 4. The van der Waals surface area contributed by atoms with Crippen LogP contribution in [0.3, 0.4) is 0 Å². The standard InChI is InChI=1S/C19H21N5O2/c1-2-26-12-11-24(17-10-7-13-5-3-4-6-14(13)17)19(25)16-9-8-15-18(20-16)22-23-21-15/h3-6,8-9,17H,2,7,10-12H2,1H3,(H,20,21,22,23). The number of hydrogen-bond donors (Lipinski definition) is 1. The van der Waals surface area contributed by atoms with E-state index >= 15 is 0 Å². The molecular formula is C19H21N5O2. The molecule has 0 aliphatic heterocycles. The van der Waals surface area contributed by atoms with Crippen molar-refractivity contribution >= 4 is 17.1 Å². The van der Waals surface area contributed by atoms with E-state index in [-0.39, 0.29) is 11.9 Å². The van der Waals surface area contributed by atoms with Gasteiger partial charge in [-0.3, -0.25) is 4.79 Å². The van der Waals surface area contributed by atoms with E-state index in [9.17, 15) is 4.79 Å². The second-order valence-corrected chi connectivity index (χ2v) is 6.31. The average Bonchev–Trinajstić information content (AvgIpc) is 3.31. The van der Waals surface area contributed by atoms with E-state index in [0.717, 1.165) is 12.8 Å². The van der Waals surface area contributed by atoms with Crippen molar-refractivity contribution in [1.82, 2.24) is 25.3 Å². The van der Waals surface area contributed by atoms with Gasteiger partial charge in [-0.15, -0.1) is 5.10 Å². The maximum absolute atomic E-state index is 13.3. The number of fused-ring (bicyclic) bond motifs is 2. The summed E-state index contributed by atoms with van der Waals surface area (Å²) in [4.78, 5) is 19.5. The Morgan fingerprint density at radius 1 is 1.27 bits per heavy atom. The zero-order valence-electron chi connectivity index (χ0n) is 14.7. The van der Waals surface area contributed by atoms with Crippen LogP contribution in [0.2, 0.25) is 0 Å². The Bertz CT molecular complexity index is 923. The molecule has 0 saturated heterocycles. The largest absolute Gasteiger partial charge is 0.380 e. The number of aromatic amines is 1. The quantitative estimate of drug-likeness (QED) is 0.690. The summed E-state index contributed by atoms with van der Waals surface area (Å²) in [5.74, 6) is -0.101. The maximum atomic E-state index is 13.3. The first-order valence-corrected chi connectivity index (χ1v) is 8.92. The van der Waals surface area contributed by atoms with E-state index in [2.05, 4.69) is 32.5 Å². The highest BCUT2D eigenvalue weighted by molar-refractivity contribution is 5.94. The van der Waals surface area contributed by atoms with Crippen LogP contribution in [0.15, 0.2) is 36.4 Å². The molecule has 0 spiro atoms. The SMILES string of the molecule is CCOCCN(C(=O)c1ccc2n[nH]nc2n1)C1CCc2ccccc21. The highest BCUT2D eigenvalue weighted by Gasteiger charge is 2.31. The molecule has 2 heterocycles. The van der Waals surface area contributed by atoms with Crippen molar-refractivity contribution in [3.63, 3.8) is 0 Å². The zero-order chi connectivity index (χ0) is 17.9. The second kappa shape index (κ2) is 7.21. The van der Waals surface area contributed by atoms with Crippen molar-refractivity contribution in [1.29, 1.82) is 0 Å². The van der Waals surface area contributed by atoms with Crippen LogP contribution >= 0.6 is 0 Å². The molecule has 1 amide bonds. The lowest BCUT2D eigenvalue weighted by atomic mass is 10.1. The molecule has 4 rings (SSSR count). The van der Waals surface area contributed by atoms with Crippen molar-refractivity contribution in [2.45, 2.75) is 25.8 Å². The first-order valence-electron chi connectivity index (χ1n) is 8.92. The van der Waals surface area contributed by atoms with E-state index in [0.29, 0.717) is 36.6 Å². The smallest absolute Gasteiger partial charge is 0.273 e. The molecule has 0 radical (unpaired) electrons. The predicted octanol–water partition coefficient (Wildman–Crippen LogP) is 2.52. The number of carbonyl (C=O) groups excluding carboxylic acids is 1. The van der Waals surface area contributed by atoms with Crippen molar-refractivity contribution in [3.8, 4) is 0 Å². The first kappa shape index (κ1) is 16.7. The van der Waals surface area contributed by atoms with Crippen LogP contribution in [0.1, 0.15) is 41.0 Å². The number of carbonyl (C=O) groups is 1. The van der Waals surface area contributed by atoms with Gasteiger partial charge < -0.3 is 9.64 Å². The van der Waals surface area contributed by atoms with E-state index < -0.39 is 0 Å². The zero-order valence-corrected chi connectivity index (χ0v) is 14.7. The van der Waals surface area contributed by atoms with Crippen molar-refractivity contribution < 1.29 is 9.53 Å². The Morgan fingerprint density at radius 3 is 3.04 bits per heavy atom. The van der Waals surface area contributed by atoms with Crippen LogP contribution in [0.4, 0.5) is 0 Å². The molecule has 134 valence electrons. The minimum atomic E-state index is -0.101. The normalized spacial score (nSPS) is 16.0. The third kappa shape index (κ3) is 3.06. The number of H-pyrrole nitrogens is 1. The number of benzene rings is 1. The summed E-state index contributed by atoms with van der Waals surface area (Å²) < 4.78 is 5.51. The molecule has 1 aliphatic carbocycles. The highest BCUT2D eigenvalue weighted by Crippen LogP contribution is 2.36. The fraction of sp³-hybridized carbons (Fsp3) is 0.368. The topological polar surface area (TPSA) is 84.0 Å². The van der Waals surface area contributed by atoms with E-state index in [1.807, 2.05) is 24.0 Å². The third-order valence-corrected chi connectivity index (χ3v) is 4.82. The highest BCUT2D eigenvalue weighted by atomic mass is 16.5. The van der Waals surface area contributed by atoms with Gasteiger partial charge in [0.15, 0.2) is 0 Å². The summed E-state index contributed by atoms with van der Waals surface area (Å²) in [6.45, 7) is 3.63. The van der Waals surface area contributed by atoms with Gasteiger partial charge in [-0.05, 0) is 43.0 Å². The third-order valence-electron chi connectivity index (χ3n) is 4.82. The molecule has 1 aromatic carbocycles. The lowest BCUT2D eigenvalue weighted by Crippen LogP contribution is -2.37. The number of rotatable bonds is 6. The van der Waals surface area contributed by atoms with Crippen LogP contribution in [0, 0.1) is 0 Å². The number of aryl methyl sites for hydroxylation is 1. The Morgan fingerprint density at radius 2 is 2.15 bits per heavy atom. The minimum Gasteiger partial charge on any atom is -0.380 e. The number of amides is 1. The molecule has 0 fully saturated rings. The van der Waals surface area contributed by atoms with E-state index in [1.165, 1.54) is 11.1 Å². The molecule has 7 nitrogen and oxygen atoms in total. The van der Waals surface area contributed by atoms with Gasteiger partial charge in [0.25, 0.3) is 5.91 Å². The fourth-order valence-corrected chi connectivity index (χ4v) is 3.57. The maximum Gasteiger partial charge on any atom is 0.273 e. The van der Waals surface area contributed by atoms with Crippen LogP contribution in [-0.2, 0) is 11.2 Å². The summed E-state index contributed by atoms with van der Waals surface area (Å²) in [5.41, 5.74) is 4.01. The van der Waals surface area contributed by atoms with Crippen LogP contribution < -0.4 is 0 Å². The number of pyridine rings is 1. The van der Waals surface area contributed by atoms with Gasteiger partial charge in [-0.2, -0.15) is 10.3 Å². The van der Waals surface area contributed by atoms with Crippen LogP contribution in [-0.4, -0.2) is 51.0 Å². The predicted molar refractivity (Wildman–Crippen MR) is 96.7 cm³/mol. The van der Waals surface area contributed by atoms with Crippen molar-refractivity contribution in [2.24, 2.45) is 0 Å². The molecule has 1 aliphatic rings. The van der Waals surface area contributed by atoms with Gasteiger partial charge in [0, 0.05) is 13.2 Å². The summed E-state index contributed by atoms with van der Waals surface area (Å²) in [6, 6.07) is 11.9. The minimum absolute atomic E-state index is 0.0500.